The van der Waals surface area contributed by atoms with Crippen LogP contribution in [0.1, 0.15) is 30.9 Å². The summed E-state index contributed by atoms with van der Waals surface area (Å²) >= 11 is 3.65. The Morgan fingerprint density at radius 2 is 2.36 bits per heavy atom. The summed E-state index contributed by atoms with van der Waals surface area (Å²) in [6.45, 7) is 0. The van der Waals surface area contributed by atoms with Crippen molar-refractivity contribution in [2.75, 3.05) is 7.11 Å². The Kier molecular flexibility index (Phi) is 3.06. The Labute approximate surface area is 92.8 Å². The van der Waals surface area contributed by atoms with Gasteiger partial charge in [0.25, 0.3) is 0 Å². The topological polar surface area (TPSA) is 22.1 Å². The standard InChI is InChI=1S/C11H14BrNO/c1-14-10-3-2-6-13-11(10)8-4-5-9(12)7-8/h2-3,6,8-9H,4-5,7H2,1H3. The fourth-order valence-electron chi connectivity index (χ4n) is 2.06. The minimum absolute atomic E-state index is 0.565. The number of rotatable bonds is 2. The third-order valence-electron chi connectivity index (χ3n) is 2.77. The number of alkyl halides is 1. The quantitative estimate of drug-likeness (QED) is 0.758. The van der Waals surface area contributed by atoms with Gasteiger partial charge in [-0.25, -0.2) is 0 Å². The predicted octanol–water partition coefficient (Wildman–Crippen LogP) is 3.12. The molecule has 1 heterocycles. The van der Waals surface area contributed by atoms with E-state index in [-0.39, 0.29) is 0 Å². The average Bonchev–Trinajstić information content (AvgIpc) is 2.65. The molecular weight excluding hydrogens is 242 g/mol. The lowest BCUT2D eigenvalue weighted by Gasteiger charge is -2.12. The number of ether oxygens (including phenoxy) is 1. The average molecular weight is 256 g/mol. The largest absolute Gasteiger partial charge is 0.495 e. The summed E-state index contributed by atoms with van der Waals surface area (Å²) in [5.74, 6) is 1.50. The highest BCUT2D eigenvalue weighted by atomic mass is 79.9. The van der Waals surface area contributed by atoms with E-state index >= 15 is 0 Å². The number of nitrogens with zero attached hydrogens (tertiary/aromatic N) is 1. The number of pyridine rings is 1. The van der Waals surface area contributed by atoms with Crippen LogP contribution in [0.2, 0.25) is 0 Å². The summed E-state index contributed by atoms with van der Waals surface area (Å²) in [5, 5.41) is 0. The van der Waals surface area contributed by atoms with Gasteiger partial charge in [0.05, 0.1) is 12.8 Å². The van der Waals surface area contributed by atoms with Crippen molar-refractivity contribution in [3.05, 3.63) is 24.0 Å². The Morgan fingerprint density at radius 1 is 1.50 bits per heavy atom. The summed E-state index contributed by atoms with van der Waals surface area (Å²) in [7, 11) is 1.71. The number of hydrogen-bond acceptors (Lipinski definition) is 2. The zero-order valence-corrected chi connectivity index (χ0v) is 9.83. The highest BCUT2D eigenvalue weighted by Gasteiger charge is 2.26. The van der Waals surface area contributed by atoms with Crippen molar-refractivity contribution in [3.63, 3.8) is 0 Å². The Bertz CT molecular complexity index is 316. The third kappa shape index (κ3) is 1.92. The van der Waals surface area contributed by atoms with Crippen molar-refractivity contribution in [3.8, 4) is 5.75 Å². The van der Waals surface area contributed by atoms with Crippen molar-refractivity contribution >= 4 is 15.9 Å². The molecule has 1 aromatic rings. The summed E-state index contributed by atoms with van der Waals surface area (Å²) < 4.78 is 5.32. The van der Waals surface area contributed by atoms with Crippen LogP contribution < -0.4 is 4.74 Å². The van der Waals surface area contributed by atoms with E-state index in [0.717, 1.165) is 11.4 Å². The minimum Gasteiger partial charge on any atom is -0.495 e. The van der Waals surface area contributed by atoms with Gasteiger partial charge in [0.2, 0.25) is 0 Å². The molecule has 0 aromatic carbocycles. The number of aromatic nitrogens is 1. The van der Waals surface area contributed by atoms with Gasteiger partial charge in [0.1, 0.15) is 5.75 Å². The van der Waals surface area contributed by atoms with Crippen molar-refractivity contribution in [1.82, 2.24) is 4.98 Å². The molecule has 2 unspecified atom stereocenters. The zero-order chi connectivity index (χ0) is 9.97. The molecule has 1 saturated carbocycles. The Balaban J connectivity index is 2.22. The van der Waals surface area contributed by atoms with Gasteiger partial charge in [-0.2, -0.15) is 0 Å². The van der Waals surface area contributed by atoms with Gasteiger partial charge in [0, 0.05) is 16.9 Å². The van der Waals surface area contributed by atoms with Crippen LogP contribution in [0.15, 0.2) is 18.3 Å². The second-order valence-corrected chi connectivity index (χ2v) is 4.99. The van der Waals surface area contributed by atoms with Crippen LogP contribution in [0.3, 0.4) is 0 Å². The molecule has 1 aliphatic rings. The first-order valence-corrected chi connectivity index (χ1v) is 5.86. The van der Waals surface area contributed by atoms with E-state index in [4.69, 9.17) is 4.74 Å². The lowest BCUT2D eigenvalue weighted by Crippen LogP contribution is -2.00. The highest BCUT2D eigenvalue weighted by molar-refractivity contribution is 9.09. The second kappa shape index (κ2) is 4.30. The van der Waals surface area contributed by atoms with Crippen molar-refractivity contribution < 1.29 is 4.74 Å². The lowest BCUT2D eigenvalue weighted by atomic mass is 10.0. The first-order valence-electron chi connectivity index (χ1n) is 4.94. The molecular formula is C11H14BrNO. The van der Waals surface area contributed by atoms with Gasteiger partial charge < -0.3 is 4.74 Å². The smallest absolute Gasteiger partial charge is 0.140 e. The molecule has 0 radical (unpaired) electrons. The van der Waals surface area contributed by atoms with E-state index in [0.29, 0.717) is 10.7 Å². The van der Waals surface area contributed by atoms with Crippen molar-refractivity contribution in [2.24, 2.45) is 0 Å². The van der Waals surface area contributed by atoms with Crippen LogP contribution in [0, 0.1) is 0 Å². The summed E-state index contributed by atoms with van der Waals surface area (Å²) in [5.41, 5.74) is 1.12. The van der Waals surface area contributed by atoms with Gasteiger partial charge in [-0.3, -0.25) is 4.98 Å². The molecule has 2 atom stereocenters. The fraction of sp³-hybridized carbons (Fsp3) is 0.545. The van der Waals surface area contributed by atoms with E-state index in [1.54, 1.807) is 7.11 Å². The van der Waals surface area contributed by atoms with Crippen LogP contribution in [-0.4, -0.2) is 16.9 Å². The molecule has 0 spiro atoms. The van der Waals surface area contributed by atoms with E-state index in [9.17, 15) is 0 Å². The molecule has 3 heteroatoms. The fourth-order valence-corrected chi connectivity index (χ4v) is 2.77. The molecule has 0 N–H and O–H groups in total. The number of methoxy groups -OCH3 is 1. The van der Waals surface area contributed by atoms with Crippen molar-refractivity contribution in [2.45, 2.75) is 30.0 Å². The second-order valence-electron chi connectivity index (χ2n) is 3.70. The lowest BCUT2D eigenvalue weighted by molar-refractivity contribution is 0.402. The monoisotopic (exact) mass is 255 g/mol. The van der Waals surface area contributed by atoms with Crippen LogP contribution >= 0.6 is 15.9 Å². The minimum atomic E-state index is 0.565. The molecule has 0 bridgehead atoms. The Morgan fingerprint density at radius 3 is 3.00 bits per heavy atom. The zero-order valence-electron chi connectivity index (χ0n) is 8.24. The van der Waals surface area contributed by atoms with Crippen molar-refractivity contribution in [1.29, 1.82) is 0 Å². The first-order chi connectivity index (χ1) is 6.81. The Hall–Kier alpha value is -0.570. The third-order valence-corrected chi connectivity index (χ3v) is 3.61. The maximum Gasteiger partial charge on any atom is 0.140 e. The van der Waals surface area contributed by atoms with Crippen LogP contribution in [0.5, 0.6) is 5.75 Å². The molecule has 2 rings (SSSR count). The van der Waals surface area contributed by atoms with E-state index < -0.39 is 0 Å². The van der Waals surface area contributed by atoms with Gasteiger partial charge in [0.15, 0.2) is 0 Å². The summed E-state index contributed by atoms with van der Waals surface area (Å²) in [4.78, 5) is 5.07. The normalized spacial score (nSPS) is 26.4. The summed E-state index contributed by atoms with van der Waals surface area (Å²) in [6, 6.07) is 3.91. The van der Waals surface area contributed by atoms with E-state index in [1.807, 2.05) is 18.3 Å². The van der Waals surface area contributed by atoms with Gasteiger partial charge >= 0.3 is 0 Å². The molecule has 14 heavy (non-hydrogen) atoms. The SMILES string of the molecule is COc1cccnc1C1CCC(Br)C1. The van der Waals surface area contributed by atoms with E-state index in [2.05, 4.69) is 20.9 Å². The highest BCUT2D eigenvalue weighted by Crippen LogP contribution is 2.40. The molecule has 1 aromatic heterocycles. The number of hydrogen-bond donors (Lipinski definition) is 0. The van der Waals surface area contributed by atoms with Gasteiger partial charge in [-0.1, -0.05) is 15.9 Å². The van der Waals surface area contributed by atoms with Gasteiger partial charge in [-0.15, -0.1) is 0 Å². The molecule has 1 aliphatic carbocycles. The molecule has 0 saturated heterocycles. The summed E-state index contributed by atoms with van der Waals surface area (Å²) in [6.07, 6.45) is 5.47. The van der Waals surface area contributed by atoms with Crippen LogP contribution in [0.25, 0.3) is 0 Å². The maximum atomic E-state index is 5.32. The molecule has 1 fully saturated rings. The van der Waals surface area contributed by atoms with Gasteiger partial charge in [-0.05, 0) is 31.4 Å². The van der Waals surface area contributed by atoms with Crippen LogP contribution in [-0.2, 0) is 0 Å². The maximum absolute atomic E-state index is 5.32. The number of halogens is 1. The van der Waals surface area contributed by atoms with Crippen LogP contribution in [0.4, 0.5) is 0 Å². The molecule has 0 amide bonds. The molecule has 76 valence electrons. The molecule has 0 aliphatic heterocycles. The molecule has 2 nitrogen and oxygen atoms in total. The van der Waals surface area contributed by atoms with E-state index in [1.165, 1.54) is 19.3 Å². The first kappa shape index (κ1) is 9.97. The predicted molar refractivity (Wildman–Crippen MR) is 60.1 cm³/mol.